The Morgan fingerprint density at radius 1 is 1.29 bits per heavy atom. The van der Waals surface area contributed by atoms with Crippen LogP contribution in [0, 0.1) is 6.92 Å². The highest BCUT2D eigenvalue weighted by atomic mass is 32.2. The van der Waals surface area contributed by atoms with Gasteiger partial charge in [0.2, 0.25) is 0 Å². The summed E-state index contributed by atoms with van der Waals surface area (Å²) in [5, 5.41) is 8.39. The first kappa shape index (κ1) is 14.7. The van der Waals surface area contributed by atoms with Gasteiger partial charge in [-0.25, -0.2) is 0 Å². The molecule has 17 heavy (non-hydrogen) atoms. The minimum absolute atomic E-state index is 0.00268. The zero-order chi connectivity index (χ0) is 12.9. The number of hydrogen-bond donors (Lipinski definition) is 1. The normalized spacial score (nSPS) is 12.1. The van der Waals surface area contributed by atoms with Crippen LogP contribution < -0.4 is 5.73 Å². The third-order valence-electron chi connectivity index (χ3n) is 1.83. The summed E-state index contributed by atoms with van der Waals surface area (Å²) in [6.07, 6.45) is 0. The van der Waals surface area contributed by atoms with Crippen LogP contribution in [0.3, 0.4) is 0 Å². The Labute approximate surface area is 106 Å². The van der Waals surface area contributed by atoms with Gasteiger partial charge in [-0.15, -0.1) is 10.2 Å². The molecule has 0 saturated heterocycles. The first-order valence-corrected chi connectivity index (χ1v) is 6.84. The summed E-state index contributed by atoms with van der Waals surface area (Å²) < 4.78 is 37.5. The monoisotopic (exact) mass is 286 g/mol. The van der Waals surface area contributed by atoms with Crippen molar-refractivity contribution in [3.63, 3.8) is 0 Å². The highest BCUT2D eigenvalue weighted by molar-refractivity contribution is 8.03. The van der Waals surface area contributed by atoms with Crippen molar-refractivity contribution in [1.82, 2.24) is 14.8 Å². The topological polar surface area (TPSA) is 56.7 Å². The molecule has 0 aliphatic rings. The Balaban J connectivity index is 2.41. The molecule has 0 aromatic carbocycles. The van der Waals surface area contributed by atoms with Gasteiger partial charge >= 0.3 is 5.51 Å². The predicted octanol–water partition coefficient (Wildman–Crippen LogP) is 1.89. The van der Waals surface area contributed by atoms with Crippen molar-refractivity contribution in [3.8, 4) is 0 Å². The van der Waals surface area contributed by atoms with Gasteiger partial charge in [0.15, 0.2) is 5.16 Å². The molecule has 4 nitrogen and oxygen atoms in total. The maximum atomic E-state index is 11.9. The van der Waals surface area contributed by atoms with E-state index in [2.05, 4.69) is 10.2 Å². The number of rotatable bonds is 6. The molecule has 0 atom stereocenters. The molecular weight excluding hydrogens is 273 g/mol. The molecule has 0 aliphatic heterocycles. The first-order chi connectivity index (χ1) is 7.94. The van der Waals surface area contributed by atoms with Crippen LogP contribution >= 0.6 is 23.5 Å². The summed E-state index contributed by atoms with van der Waals surface area (Å²) in [4.78, 5) is 0. The Kier molecular flexibility index (Phi) is 5.60. The van der Waals surface area contributed by atoms with Gasteiger partial charge in [0.25, 0.3) is 0 Å². The minimum atomic E-state index is -4.17. The maximum absolute atomic E-state index is 11.9. The fraction of sp³-hybridized carbons (Fsp3) is 0.750. The molecule has 1 aromatic heterocycles. The zero-order valence-electron chi connectivity index (χ0n) is 9.20. The number of alkyl halides is 3. The van der Waals surface area contributed by atoms with Gasteiger partial charge in [0, 0.05) is 24.6 Å². The van der Waals surface area contributed by atoms with Gasteiger partial charge in [0.1, 0.15) is 5.82 Å². The standard InChI is InChI=1S/C8H13F3N4S2/c1-6-13-14-7(15(6)3-2-12)16-4-5-17-8(9,10)11/h2-5,12H2,1H3. The van der Waals surface area contributed by atoms with Crippen LogP contribution in [0.15, 0.2) is 5.16 Å². The molecule has 0 aliphatic carbocycles. The second-order valence-electron chi connectivity index (χ2n) is 3.11. The van der Waals surface area contributed by atoms with Crippen LogP contribution in [-0.2, 0) is 6.54 Å². The van der Waals surface area contributed by atoms with Gasteiger partial charge in [-0.05, 0) is 6.92 Å². The molecule has 2 N–H and O–H groups in total. The molecule has 1 heterocycles. The minimum Gasteiger partial charge on any atom is -0.329 e. The number of aromatic nitrogens is 3. The summed E-state index contributed by atoms with van der Waals surface area (Å²) in [6, 6.07) is 0. The molecule has 0 unspecified atom stereocenters. The van der Waals surface area contributed by atoms with E-state index in [0.29, 0.717) is 24.0 Å². The second kappa shape index (κ2) is 6.50. The van der Waals surface area contributed by atoms with Gasteiger partial charge in [0.05, 0.1) is 0 Å². The van der Waals surface area contributed by atoms with E-state index < -0.39 is 5.51 Å². The van der Waals surface area contributed by atoms with E-state index in [0.717, 1.165) is 5.82 Å². The Morgan fingerprint density at radius 2 is 2.00 bits per heavy atom. The lowest BCUT2D eigenvalue weighted by molar-refractivity contribution is -0.0326. The van der Waals surface area contributed by atoms with Crippen molar-refractivity contribution < 1.29 is 13.2 Å². The number of hydrogen-bond acceptors (Lipinski definition) is 5. The molecule has 1 rings (SSSR count). The average Bonchev–Trinajstić information content (AvgIpc) is 2.55. The lowest BCUT2D eigenvalue weighted by Crippen LogP contribution is -2.12. The predicted molar refractivity (Wildman–Crippen MR) is 63.1 cm³/mol. The summed E-state index contributed by atoms with van der Waals surface area (Å²) in [5.41, 5.74) is 1.27. The van der Waals surface area contributed by atoms with E-state index in [4.69, 9.17) is 5.73 Å². The van der Waals surface area contributed by atoms with Crippen LogP contribution in [0.1, 0.15) is 5.82 Å². The highest BCUT2D eigenvalue weighted by Gasteiger charge is 2.27. The van der Waals surface area contributed by atoms with Crippen LogP contribution in [-0.4, -0.2) is 38.3 Å². The van der Waals surface area contributed by atoms with E-state index in [-0.39, 0.29) is 17.5 Å². The van der Waals surface area contributed by atoms with Gasteiger partial charge in [-0.1, -0.05) is 23.5 Å². The van der Waals surface area contributed by atoms with E-state index >= 15 is 0 Å². The van der Waals surface area contributed by atoms with Crippen LogP contribution in [0.2, 0.25) is 0 Å². The fourth-order valence-corrected chi connectivity index (χ4v) is 2.70. The quantitative estimate of drug-likeness (QED) is 0.639. The molecule has 1 aromatic rings. The third-order valence-corrected chi connectivity index (χ3v) is 3.80. The van der Waals surface area contributed by atoms with Crippen LogP contribution in [0.4, 0.5) is 13.2 Å². The zero-order valence-corrected chi connectivity index (χ0v) is 10.8. The SMILES string of the molecule is Cc1nnc(SCCSC(F)(F)F)n1CCN. The lowest BCUT2D eigenvalue weighted by Gasteiger charge is -2.07. The summed E-state index contributed by atoms with van der Waals surface area (Å²) >= 11 is 1.24. The molecule has 98 valence electrons. The summed E-state index contributed by atoms with van der Waals surface area (Å²) in [7, 11) is 0. The van der Waals surface area contributed by atoms with E-state index in [9.17, 15) is 13.2 Å². The first-order valence-electron chi connectivity index (χ1n) is 4.87. The van der Waals surface area contributed by atoms with E-state index in [1.165, 1.54) is 11.8 Å². The van der Waals surface area contributed by atoms with Gasteiger partial charge in [-0.2, -0.15) is 13.2 Å². The number of thioether (sulfide) groups is 2. The highest BCUT2D eigenvalue weighted by Crippen LogP contribution is 2.31. The van der Waals surface area contributed by atoms with Gasteiger partial charge in [-0.3, -0.25) is 0 Å². The largest absolute Gasteiger partial charge is 0.441 e. The fourth-order valence-electron chi connectivity index (χ4n) is 1.15. The molecule has 0 radical (unpaired) electrons. The molecule has 0 bridgehead atoms. The smallest absolute Gasteiger partial charge is 0.329 e. The Bertz CT molecular complexity index is 353. The maximum Gasteiger partial charge on any atom is 0.441 e. The van der Waals surface area contributed by atoms with E-state index in [1.54, 1.807) is 6.92 Å². The van der Waals surface area contributed by atoms with Crippen molar-refractivity contribution in [2.75, 3.05) is 18.1 Å². The van der Waals surface area contributed by atoms with Crippen molar-refractivity contribution in [1.29, 1.82) is 0 Å². The molecule has 0 amide bonds. The summed E-state index contributed by atoms with van der Waals surface area (Å²) in [6.45, 7) is 2.81. The number of halogens is 3. The number of aryl methyl sites for hydroxylation is 1. The second-order valence-corrected chi connectivity index (χ2v) is 5.33. The average molecular weight is 286 g/mol. The number of nitrogens with zero attached hydrogens (tertiary/aromatic N) is 3. The molecule has 0 spiro atoms. The molecular formula is C8H13F3N4S2. The van der Waals surface area contributed by atoms with Crippen LogP contribution in [0.5, 0.6) is 0 Å². The Hall–Kier alpha value is -0.410. The van der Waals surface area contributed by atoms with Crippen molar-refractivity contribution in [3.05, 3.63) is 5.82 Å². The van der Waals surface area contributed by atoms with Crippen molar-refractivity contribution >= 4 is 23.5 Å². The van der Waals surface area contributed by atoms with Crippen molar-refractivity contribution in [2.24, 2.45) is 5.73 Å². The molecule has 0 fully saturated rings. The third kappa shape index (κ3) is 5.17. The molecule has 9 heteroatoms. The van der Waals surface area contributed by atoms with Crippen LogP contribution in [0.25, 0.3) is 0 Å². The van der Waals surface area contributed by atoms with Gasteiger partial charge < -0.3 is 10.3 Å². The van der Waals surface area contributed by atoms with Crippen molar-refractivity contribution in [2.45, 2.75) is 24.1 Å². The van der Waals surface area contributed by atoms with E-state index in [1.807, 2.05) is 4.57 Å². The Morgan fingerprint density at radius 3 is 2.59 bits per heavy atom. The number of nitrogens with two attached hydrogens (primary N) is 1. The molecule has 0 saturated carbocycles. The summed E-state index contributed by atoms with van der Waals surface area (Å²) in [5.74, 6) is 1.07. The lowest BCUT2D eigenvalue weighted by atomic mass is 10.6.